The topological polar surface area (TPSA) is 39.1 Å². The first-order valence-electron chi connectivity index (χ1n) is 4.11. The highest BCUT2D eigenvalue weighted by molar-refractivity contribution is 4.97. The molecule has 1 rings (SSSR count). The average Bonchev–Trinajstić information content (AvgIpc) is 2.04. The van der Waals surface area contributed by atoms with Gasteiger partial charge >= 0.3 is 0 Å². The maximum atomic E-state index is 8.78. The molecule has 62 valence electrons. The van der Waals surface area contributed by atoms with Crippen molar-refractivity contribution in [3.8, 4) is 6.07 Å². The lowest BCUT2D eigenvalue weighted by atomic mass is 10.1. The first kappa shape index (κ1) is 8.51. The zero-order valence-corrected chi connectivity index (χ0v) is 7.17. The maximum Gasteiger partial charge on any atom is 0.111 e. The molecule has 0 aliphatic carbocycles. The van der Waals surface area contributed by atoms with Crippen LogP contribution in [0.5, 0.6) is 0 Å². The summed E-state index contributed by atoms with van der Waals surface area (Å²) in [6.45, 7) is 7.09. The fraction of sp³-hybridized carbons (Fsp3) is 0.875. The Balaban J connectivity index is 2.53. The minimum absolute atomic E-state index is 0.0729. The van der Waals surface area contributed by atoms with Gasteiger partial charge in [0.05, 0.1) is 6.07 Å². The smallest absolute Gasteiger partial charge is 0.111 e. The van der Waals surface area contributed by atoms with E-state index < -0.39 is 0 Å². The number of hydrogen-bond acceptors (Lipinski definition) is 3. The van der Waals surface area contributed by atoms with Crippen LogP contribution in [-0.2, 0) is 0 Å². The van der Waals surface area contributed by atoms with E-state index in [9.17, 15) is 0 Å². The van der Waals surface area contributed by atoms with Gasteiger partial charge in [0.1, 0.15) is 6.04 Å². The fourth-order valence-corrected chi connectivity index (χ4v) is 1.46. The summed E-state index contributed by atoms with van der Waals surface area (Å²) in [5.74, 6) is 0. The van der Waals surface area contributed by atoms with Gasteiger partial charge in [0, 0.05) is 25.7 Å². The molecule has 1 saturated heterocycles. The third-order valence-corrected chi connectivity index (χ3v) is 2.10. The van der Waals surface area contributed by atoms with Crippen molar-refractivity contribution in [2.45, 2.75) is 25.9 Å². The van der Waals surface area contributed by atoms with E-state index in [1.165, 1.54) is 0 Å². The molecule has 1 aliphatic rings. The van der Waals surface area contributed by atoms with Gasteiger partial charge in [-0.3, -0.25) is 4.90 Å². The normalized spacial score (nSPS) is 26.9. The Hall–Kier alpha value is -0.590. The molecule has 1 atom stereocenters. The lowest BCUT2D eigenvalue weighted by molar-refractivity contribution is 0.156. The number of nitrogens with one attached hydrogen (secondary N) is 1. The summed E-state index contributed by atoms with van der Waals surface area (Å²) in [6, 6.07) is 2.86. The molecule has 1 aliphatic heterocycles. The van der Waals surface area contributed by atoms with Crippen molar-refractivity contribution in [2.24, 2.45) is 0 Å². The lowest BCUT2D eigenvalue weighted by Gasteiger charge is -2.34. The molecule has 1 unspecified atom stereocenters. The molecule has 3 nitrogen and oxygen atoms in total. The van der Waals surface area contributed by atoms with Crippen LogP contribution < -0.4 is 5.32 Å². The second-order valence-electron chi connectivity index (χ2n) is 3.18. The van der Waals surface area contributed by atoms with Gasteiger partial charge in [-0.15, -0.1) is 0 Å². The molecule has 11 heavy (non-hydrogen) atoms. The zero-order valence-electron chi connectivity index (χ0n) is 7.17. The van der Waals surface area contributed by atoms with Crippen LogP contribution in [0.15, 0.2) is 0 Å². The second-order valence-corrected chi connectivity index (χ2v) is 3.18. The largest absolute Gasteiger partial charge is 0.313 e. The SMILES string of the molecule is CC(C)N1CCNCC1C#N. The summed E-state index contributed by atoms with van der Waals surface area (Å²) >= 11 is 0. The Morgan fingerprint density at radius 2 is 2.36 bits per heavy atom. The third-order valence-electron chi connectivity index (χ3n) is 2.10. The molecular weight excluding hydrogens is 138 g/mol. The third kappa shape index (κ3) is 1.92. The summed E-state index contributed by atoms with van der Waals surface area (Å²) in [6.07, 6.45) is 0. The number of rotatable bonds is 1. The van der Waals surface area contributed by atoms with Crippen molar-refractivity contribution in [1.82, 2.24) is 10.2 Å². The highest BCUT2D eigenvalue weighted by Crippen LogP contribution is 2.06. The number of nitriles is 1. The Morgan fingerprint density at radius 1 is 1.64 bits per heavy atom. The number of nitrogens with zero attached hydrogens (tertiary/aromatic N) is 2. The van der Waals surface area contributed by atoms with Crippen LogP contribution in [0.3, 0.4) is 0 Å². The minimum atomic E-state index is 0.0729. The molecule has 0 aromatic rings. The molecule has 0 spiro atoms. The Labute approximate surface area is 68.0 Å². The number of hydrogen-bond donors (Lipinski definition) is 1. The molecule has 0 amide bonds. The highest BCUT2D eigenvalue weighted by Gasteiger charge is 2.23. The van der Waals surface area contributed by atoms with E-state index in [0.717, 1.165) is 19.6 Å². The predicted octanol–water partition coefficient (Wildman–Crippen LogP) is 0.192. The lowest BCUT2D eigenvalue weighted by Crippen LogP contribution is -2.53. The van der Waals surface area contributed by atoms with E-state index >= 15 is 0 Å². The molecule has 0 bridgehead atoms. The second kappa shape index (κ2) is 3.70. The van der Waals surface area contributed by atoms with Crippen molar-refractivity contribution in [2.75, 3.05) is 19.6 Å². The predicted molar refractivity (Wildman–Crippen MR) is 44.1 cm³/mol. The summed E-state index contributed by atoms with van der Waals surface area (Å²) < 4.78 is 0. The van der Waals surface area contributed by atoms with Crippen LogP contribution >= 0.6 is 0 Å². The molecule has 1 fully saturated rings. The fourth-order valence-electron chi connectivity index (χ4n) is 1.46. The van der Waals surface area contributed by atoms with E-state index in [1.807, 2.05) is 0 Å². The van der Waals surface area contributed by atoms with Crippen LogP contribution in [0.25, 0.3) is 0 Å². The molecule has 0 saturated carbocycles. The molecule has 0 aromatic carbocycles. The van der Waals surface area contributed by atoms with E-state index in [-0.39, 0.29) is 6.04 Å². The van der Waals surface area contributed by atoms with Gasteiger partial charge in [-0.25, -0.2) is 0 Å². The summed E-state index contributed by atoms with van der Waals surface area (Å²) in [4.78, 5) is 2.23. The van der Waals surface area contributed by atoms with Crippen LogP contribution in [0, 0.1) is 11.3 Å². The van der Waals surface area contributed by atoms with Gasteiger partial charge in [0.15, 0.2) is 0 Å². The Kier molecular flexibility index (Phi) is 2.86. The van der Waals surface area contributed by atoms with Crippen LogP contribution in [0.1, 0.15) is 13.8 Å². The quantitative estimate of drug-likeness (QED) is 0.584. The standard InChI is InChI=1S/C8H15N3/c1-7(2)11-4-3-10-6-8(11)5-9/h7-8,10H,3-4,6H2,1-2H3. The zero-order chi connectivity index (χ0) is 8.27. The van der Waals surface area contributed by atoms with E-state index in [2.05, 4.69) is 30.1 Å². The van der Waals surface area contributed by atoms with Crippen molar-refractivity contribution in [3.63, 3.8) is 0 Å². The van der Waals surface area contributed by atoms with E-state index in [4.69, 9.17) is 5.26 Å². The van der Waals surface area contributed by atoms with Gasteiger partial charge in [-0.05, 0) is 13.8 Å². The Bertz CT molecular complexity index is 159. The van der Waals surface area contributed by atoms with Crippen molar-refractivity contribution < 1.29 is 0 Å². The monoisotopic (exact) mass is 153 g/mol. The molecular formula is C8H15N3. The summed E-state index contributed by atoms with van der Waals surface area (Å²) in [5, 5.41) is 12.0. The van der Waals surface area contributed by atoms with Gasteiger partial charge in [0.2, 0.25) is 0 Å². The Morgan fingerprint density at radius 3 is 2.82 bits per heavy atom. The van der Waals surface area contributed by atoms with Gasteiger partial charge in [-0.2, -0.15) is 5.26 Å². The maximum absolute atomic E-state index is 8.78. The van der Waals surface area contributed by atoms with Gasteiger partial charge in [0.25, 0.3) is 0 Å². The minimum Gasteiger partial charge on any atom is -0.313 e. The van der Waals surface area contributed by atoms with Crippen LogP contribution in [0.4, 0.5) is 0 Å². The van der Waals surface area contributed by atoms with Crippen LogP contribution in [0.2, 0.25) is 0 Å². The highest BCUT2D eigenvalue weighted by atomic mass is 15.2. The summed E-state index contributed by atoms with van der Waals surface area (Å²) in [5.41, 5.74) is 0. The summed E-state index contributed by atoms with van der Waals surface area (Å²) in [7, 11) is 0. The average molecular weight is 153 g/mol. The molecule has 0 radical (unpaired) electrons. The van der Waals surface area contributed by atoms with E-state index in [0.29, 0.717) is 6.04 Å². The van der Waals surface area contributed by atoms with E-state index in [1.54, 1.807) is 0 Å². The van der Waals surface area contributed by atoms with Gasteiger partial charge < -0.3 is 5.32 Å². The van der Waals surface area contributed by atoms with Crippen molar-refractivity contribution in [1.29, 1.82) is 5.26 Å². The van der Waals surface area contributed by atoms with Gasteiger partial charge in [-0.1, -0.05) is 0 Å². The molecule has 0 aromatic heterocycles. The molecule has 1 heterocycles. The van der Waals surface area contributed by atoms with Crippen molar-refractivity contribution >= 4 is 0 Å². The number of piperazine rings is 1. The molecule has 1 N–H and O–H groups in total. The van der Waals surface area contributed by atoms with Crippen molar-refractivity contribution in [3.05, 3.63) is 0 Å². The van der Waals surface area contributed by atoms with Crippen LogP contribution in [-0.4, -0.2) is 36.6 Å². The molecule has 3 heteroatoms. The first-order valence-corrected chi connectivity index (χ1v) is 4.11. The first-order chi connectivity index (χ1) is 5.25.